The summed E-state index contributed by atoms with van der Waals surface area (Å²) < 4.78 is 5.60. The highest BCUT2D eigenvalue weighted by molar-refractivity contribution is 14.0. The van der Waals surface area contributed by atoms with Crippen LogP contribution in [0.5, 0.6) is 0 Å². The molecule has 6 nitrogen and oxygen atoms in total. The van der Waals surface area contributed by atoms with Crippen molar-refractivity contribution >= 4 is 47.6 Å². The Hall–Kier alpha value is -0.220. The fourth-order valence-electron chi connectivity index (χ4n) is 2.06. The average molecular weight is 458 g/mol. The molecule has 0 bridgehead atoms. The molecule has 0 spiro atoms. The van der Waals surface area contributed by atoms with Gasteiger partial charge in [-0.05, 0) is 37.7 Å². The van der Waals surface area contributed by atoms with Crippen LogP contribution in [0.4, 0.5) is 0 Å². The monoisotopic (exact) mass is 458 g/mol. The fraction of sp³-hybridized carbons (Fsp3) is 0.867. The number of rotatable bonds is 9. The van der Waals surface area contributed by atoms with Crippen LogP contribution < -0.4 is 10.6 Å². The van der Waals surface area contributed by atoms with E-state index >= 15 is 0 Å². The number of nitrogens with one attached hydrogen (secondary N) is 2. The van der Waals surface area contributed by atoms with E-state index in [-0.39, 0.29) is 42.5 Å². The lowest BCUT2D eigenvalue weighted by Crippen LogP contribution is -2.42. The third kappa shape index (κ3) is 11.0. The first-order chi connectivity index (χ1) is 10.6. The van der Waals surface area contributed by atoms with Crippen LogP contribution in [-0.4, -0.2) is 75.2 Å². The normalized spacial score (nSPS) is 17.5. The Kier molecular flexibility index (Phi) is 14.0. The molecule has 1 atom stereocenters. The van der Waals surface area contributed by atoms with Crippen LogP contribution in [-0.2, 0) is 9.53 Å². The van der Waals surface area contributed by atoms with E-state index in [2.05, 4.69) is 21.9 Å². The van der Waals surface area contributed by atoms with E-state index in [0.717, 1.165) is 39.0 Å². The number of unbranched alkanes of at least 4 members (excludes halogenated alkanes) is 1. The van der Waals surface area contributed by atoms with E-state index in [0.29, 0.717) is 5.96 Å². The third-order valence-corrected chi connectivity index (χ3v) is 4.16. The Morgan fingerprint density at radius 3 is 2.74 bits per heavy atom. The molecule has 1 aliphatic rings. The summed E-state index contributed by atoms with van der Waals surface area (Å²) >= 11 is 1.86. The molecule has 1 unspecified atom stereocenters. The number of thioether (sulfide) groups is 1. The number of hydrogen-bond acceptors (Lipinski definition) is 4. The zero-order valence-corrected chi connectivity index (χ0v) is 17.6. The molecule has 0 aromatic rings. The highest BCUT2D eigenvalue weighted by Crippen LogP contribution is 2.10. The summed E-state index contributed by atoms with van der Waals surface area (Å²) in [4.78, 5) is 17.6. The van der Waals surface area contributed by atoms with Gasteiger partial charge in [0.15, 0.2) is 5.96 Å². The highest BCUT2D eigenvalue weighted by Gasteiger charge is 2.15. The lowest BCUT2D eigenvalue weighted by molar-refractivity contribution is -0.127. The van der Waals surface area contributed by atoms with Gasteiger partial charge in [-0.15, -0.1) is 24.0 Å². The van der Waals surface area contributed by atoms with E-state index in [1.807, 2.05) is 11.8 Å². The molecule has 1 saturated heterocycles. The maximum absolute atomic E-state index is 11.7. The van der Waals surface area contributed by atoms with Crippen molar-refractivity contribution in [1.82, 2.24) is 15.5 Å². The van der Waals surface area contributed by atoms with Crippen LogP contribution >= 0.6 is 35.7 Å². The number of ether oxygens (including phenoxy) is 1. The predicted octanol–water partition coefficient (Wildman–Crippen LogP) is 1.55. The molecule has 0 radical (unpaired) electrons. The molecular weight excluding hydrogens is 427 g/mol. The minimum Gasteiger partial charge on any atom is -0.376 e. The van der Waals surface area contributed by atoms with Crippen molar-refractivity contribution in [3.8, 4) is 0 Å². The number of hydrogen-bond donors (Lipinski definition) is 2. The fourth-order valence-corrected chi connectivity index (χ4v) is 2.55. The van der Waals surface area contributed by atoms with Crippen molar-refractivity contribution < 1.29 is 9.53 Å². The van der Waals surface area contributed by atoms with Gasteiger partial charge in [-0.2, -0.15) is 11.8 Å². The van der Waals surface area contributed by atoms with Crippen LogP contribution in [0.2, 0.25) is 0 Å². The van der Waals surface area contributed by atoms with Gasteiger partial charge in [0, 0.05) is 33.8 Å². The molecule has 0 aliphatic carbocycles. The molecule has 136 valence electrons. The number of aliphatic imine (C=N–C) groups is 1. The minimum atomic E-state index is 0. The number of guanidine groups is 1. The molecule has 0 saturated carbocycles. The Bertz CT molecular complexity index is 350. The topological polar surface area (TPSA) is 66.0 Å². The van der Waals surface area contributed by atoms with Crippen LogP contribution in [0.25, 0.3) is 0 Å². The van der Waals surface area contributed by atoms with E-state index < -0.39 is 0 Å². The van der Waals surface area contributed by atoms with Gasteiger partial charge in [-0.25, -0.2) is 4.99 Å². The summed E-state index contributed by atoms with van der Waals surface area (Å²) in [5.74, 6) is 1.88. The van der Waals surface area contributed by atoms with E-state index in [1.54, 1.807) is 19.0 Å². The lowest BCUT2D eigenvalue weighted by Gasteiger charge is -2.16. The second-order valence-corrected chi connectivity index (χ2v) is 6.58. The van der Waals surface area contributed by atoms with Gasteiger partial charge in [0.2, 0.25) is 5.91 Å². The second kappa shape index (κ2) is 14.2. The summed E-state index contributed by atoms with van der Waals surface area (Å²) in [6.07, 6.45) is 6.88. The SMILES string of the molecule is CSCCCCNC(=NCC(=O)N(C)C)NCC1CCCO1.I. The number of likely N-dealkylation sites (N-methyl/N-ethyl adjacent to an activating group) is 1. The summed E-state index contributed by atoms with van der Waals surface area (Å²) in [5, 5.41) is 6.59. The molecule has 2 N–H and O–H groups in total. The number of carbonyl (C=O) groups excluding carboxylic acids is 1. The average Bonchev–Trinajstić information content (AvgIpc) is 3.01. The molecule has 0 aromatic heterocycles. The van der Waals surface area contributed by atoms with Gasteiger partial charge in [-0.3, -0.25) is 4.79 Å². The maximum Gasteiger partial charge on any atom is 0.243 e. The molecule has 1 amide bonds. The lowest BCUT2D eigenvalue weighted by atomic mass is 10.2. The molecule has 23 heavy (non-hydrogen) atoms. The Morgan fingerprint density at radius 2 is 2.13 bits per heavy atom. The Balaban J connectivity index is 0.00000484. The van der Waals surface area contributed by atoms with Crippen molar-refractivity contribution in [2.24, 2.45) is 4.99 Å². The quantitative estimate of drug-likeness (QED) is 0.238. The van der Waals surface area contributed by atoms with Crippen LogP contribution in [0.3, 0.4) is 0 Å². The number of halogens is 1. The first-order valence-corrected chi connectivity index (χ1v) is 9.35. The maximum atomic E-state index is 11.7. The Morgan fingerprint density at radius 1 is 1.35 bits per heavy atom. The molecular formula is C15H31IN4O2S. The van der Waals surface area contributed by atoms with Crippen LogP contribution in [0.15, 0.2) is 4.99 Å². The Labute approximate surface area is 161 Å². The third-order valence-electron chi connectivity index (χ3n) is 3.46. The molecule has 1 aliphatic heterocycles. The summed E-state index contributed by atoms with van der Waals surface area (Å²) in [7, 11) is 3.49. The van der Waals surface area contributed by atoms with Crippen molar-refractivity contribution in [2.45, 2.75) is 31.8 Å². The smallest absolute Gasteiger partial charge is 0.243 e. The van der Waals surface area contributed by atoms with E-state index in [1.165, 1.54) is 12.2 Å². The number of carbonyl (C=O) groups is 1. The highest BCUT2D eigenvalue weighted by atomic mass is 127. The summed E-state index contributed by atoms with van der Waals surface area (Å²) in [6.45, 7) is 2.62. The largest absolute Gasteiger partial charge is 0.376 e. The van der Waals surface area contributed by atoms with E-state index in [9.17, 15) is 4.79 Å². The van der Waals surface area contributed by atoms with Crippen molar-refractivity contribution in [3.63, 3.8) is 0 Å². The first kappa shape index (κ1) is 22.8. The zero-order valence-electron chi connectivity index (χ0n) is 14.5. The zero-order chi connectivity index (χ0) is 16.2. The van der Waals surface area contributed by atoms with Gasteiger partial charge in [0.25, 0.3) is 0 Å². The molecule has 1 rings (SSSR count). The molecule has 8 heteroatoms. The van der Waals surface area contributed by atoms with Gasteiger partial charge in [0.05, 0.1) is 6.10 Å². The number of nitrogens with zero attached hydrogens (tertiary/aromatic N) is 2. The summed E-state index contributed by atoms with van der Waals surface area (Å²) in [6, 6.07) is 0. The van der Waals surface area contributed by atoms with Crippen molar-refractivity contribution in [1.29, 1.82) is 0 Å². The molecule has 1 fully saturated rings. The molecule has 0 aromatic carbocycles. The van der Waals surface area contributed by atoms with Crippen LogP contribution in [0.1, 0.15) is 25.7 Å². The predicted molar refractivity (Wildman–Crippen MR) is 109 cm³/mol. The minimum absolute atomic E-state index is 0. The first-order valence-electron chi connectivity index (χ1n) is 7.96. The van der Waals surface area contributed by atoms with Crippen LogP contribution in [0, 0.1) is 0 Å². The van der Waals surface area contributed by atoms with Gasteiger partial charge < -0.3 is 20.3 Å². The van der Waals surface area contributed by atoms with Gasteiger partial charge in [-0.1, -0.05) is 0 Å². The van der Waals surface area contributed by atoms with Gasteiger partial charge >= 0.3 is 0 Å². The van der Waals surface area contributed by atoms with Crippen molar-refractivity contribution in [3.05, 3.63) is 0 Å². The van der Waals surface area contributed by atoms with E-state index in [4.69, 9.17) is 4.74 Å². The van der Waals surface area contributed by atoms with Crippen molar-refractivity contribution in [2.75, 3.05) is 52.3 Å². The standard InChI is InChI=1S/C15H30N4O2S.HI/c1-19(2)14(20)12-18-15(16-8-4-5-10-22-3)17-11-13-7-6-9-21-13;/h13H,4-12H2,1-3H3,(H2,16,17,18);1H. The second-order valence-electron chi connectivity index (χ2n) is 5.60. The number of amides is 1. The van der Waals surface area contributed by atoms with Gasteiger partial charge in [0.1, 0.15) is 6.54 Å². The molecule has 1 heterocycles. The summed E-state index contributed by atoms with van der Waals surface area (Å²) in [5.41, 5.74) is 0.